The van der Waals surface area contributed by atoms with E-state index in [1.165, 1.54) is 0 Å². The normalized spacial score (nSPS) is 13.1. The molecule has 0 bridgehead atoms. The number of rotatable bonds is 3. The van der Waals surface area contributed by atoms with Gasteiger partial charge in [-0.1, -0.05) is 25.5 Å². The van der Waals surface area contributed by atoms with Gasteiger partial charge < -0.3 is 0 Å². The lowest BCUT2D eigenvalue weighted by Gasteiger charge is -2.03. The van der Waals surface area contributed by atoms with Crippen molar-refractivity contribution in [3.05, 3.63) is 34.9 Å². The number of nitrogens with one attached hydrogen (secondary N) is 1. The van der Waals surface area contributed by atoms with Gasteiger partial charge in [0, 0.05) is 0 Å². The number of unbranched alkanes of at least 4 members (excludes halogenated alkanes) is 1. The Balaban J connectivity index is 0.00000128. The third kappa shape index (κ3) is 2.09. The highest BCUT2D eigenvalue weighted by molar-refractivity contribution is 6.22. The van der Waals surface area contributed by atoms with Crippen LogP contribution in [-0.2, 0) is 6.42 Å². The van der Waals surface area contributed by atoms with E-state index in [2.05, 4.69) is 12.2 Å². The summed E-state index contributed by atoms with van der Waals surface area (Å²) in [4.78, 5) is 22.9. The first-order valence-electron chi connectivity index (χ1n) is 5.21. The zero-order chi connectivity index (χ0) is 10.8. The van der Waals surface area contributed by atoms with Crippen LogP contribution in [0.3, 0.4) is 0 Å². The zero-order valence-corrected chi connectivity index (χ0v) is 9.89. The highest BCUT2D eigenvalue weighted by Crippen LogP contribution is 2.21. The smallest absolute Gasteiger partial charge is 0.259 e. The number of carbonyl (C=O) groups excluding carboxylic acids is 2. The predicted octanol–water partition coefficient (Wildman–Crippen LogP) is 2.33. The van der Waals surface area contributed by atoms with Crippen LogP contribution >= 0.6 is 12.4 Å². The van der Waals surface area contributed by atoms with Crippen LogP contribution in [0.25, 0.3) is 0 Å². The summed E-state index contributed by atoms with van der Waals surface area (Å²) >= 11 is 0. The van der Waals surface area contributed by atoms with Gasteiger partial charge in [-0.25, -0.2) is 0 Å². The molecule has 0 saturated heterocycles. The molecule has 1 aromatic carbocycles. The van der Waals surface area contributed by atoms with E-state index in [4.69, 9.17) is 0 Å². The summed E-state index contributed by atoms with van der Waals surface area (Å²) < 4.78 is 0. The van der Waals surface area contributed by atoms with Crippen molar-refractivity contribution in [2.24, 2.45) is 0 Å². The Morgan fingerprint density at radius 1 is 1.19 bits per heavy atom. The Hall–Kier alpha value is -1.35. The topological polar surface area (TPSA) is 46.2 Å². The monoisotopic (exact) mass is 239 g/mol. The van der Waals surface area contributed by atoms with E-state index < -0.39 is 0 Å². The molecular weight excluding hydrogens is 226 g/mol. The lowest BCUT2D eigenvalue weighted by Crippen LogP contribution is -2.20. The van der Waals surface area contributed by atoms with Gasteiger partial charge in [0.05, 0.1) is 11.1 Å². The minimum atomic E-state index is -0.270. The van der Waals surface area contributed by atoms with E-state index >= 15 is 0 Å². The van der Waals surface area contributed by atoms with E-state index in [-0.39, 0.29) is 24.2 Å². The quantitative estimate of drug-likeness (QED) is 0.823. The molecule has 16 heavy (non-hydrogen) atoms. The van der Waals surface area contributed by atoms with Gasteiger partial charge in [-0.2, -0.15) is 0 Å². The number of amides is 2. The number of aryl methyl sites for hydroxylation is 1. The molecule has 0 unspecified atom stereocenters. The average molecular weight is 240 g/mol. The molecular formula is C12H14ClNO2. The number of imide groups is 1. The van der Waals surface area contributed by atoms with Gasteiger partial charge in [-0.15, -0.1) is 12.4 Å². The maximum absolute atomic E-state index is 11.5. The molecule has 0 atom stereocenters. The molecule has 3 nitrogen and oxygen atoms in total. The highest BCUT2D eigenvalue weighted by atomic mass is 35.5. The third-order valence-corrected chi connectivity index (χ3v) is 2.65. The maximum atomic E-state index is 11.5. The molecule has 1 N–H and O–H groups in total. The molecule has 2 rings (SSSR count). The van der Waals surface area contributed by atoms with Gasteiger partial charge in [0.25, 0.3) is 11.8 Å². The summed E-state index contributed by atoms with van der Waals surface area (Å²) in [6, 6.07) is 5.46. The first kappa shape index (κ1) is 12.7. The molecule has 4 heteroatoms. The van der Waals surface area contributed by atoms with E-state index in [1.807, 2.05) is 12.1 Å². The maximum Gasteiger partial charge on any atom is 0.259 e. The van der Waals surface area contributed by atoms with Crippen molar-refractivity contribution in [1.82, 2.24) is 5.32 Å². The summed E-state index contributed by atoms with van der Waals surface area (Å²) in [5.41, 5.74) is 2.09. The number of carbonyl (C=O) groups is 2. The van der Waals surface area contributed by atoms with Gasteiger partial charge in [-0.3, -0.25) is 14.9 Å². The minimum absolute atomic E-state index is 0. The lowest BCUT2D eigenvalue weighted by molar-refractivity contribution is 0.0879. The van der Waals surface area contributed by atoms with Crippen molar-refractivity contribution in [2.45, 2.75) is 26.2 Å². The standard InChI is InChI=1S/C12H13NO2.ClH/c1-2-3-5-8-6-4-7-9-10(8)12(15)13-11(9)14;/h4,6-7H,2-3,5H2,1H3,(H,13,14,15);1H. The highest BCUT2D eigenvalue weighted by Gasteiger charge is 2.28. The minimum Gasteiger partial charge on any atom is -0.288 e. The van der Waals surface area contributed by atoms with Crippen molar-refractivity contribution in [3.8, 4) is 0 Å². The number of halogens is 1. The Kier molecular flexibility index (Phi) is 4.07. The van der Waals surface area contributed by atoms with Crippen LogP contribution in [0.1, 0.15) is 46.0 Å². The van der Waals surface area contributed by atoms with Gasteiger partial charge in [0.2, 0.25) is 0 Å². The second kappa shape index (κ2) is 5.12. The van der Waals surface area contributed by atoms with Crippen molar-refractivity contribution in [2.75, 3.05) is 0 Å². The fourth-order valence-electron chi connectivity index (χ4n) is 1.87. The van der Waals surface area contributed by atoms with E-state index in [0.717, 1.165) is 24.8 Å². The van der Waals surface area contributed by atoms with Crippen molar-refractivity contribution < 1.29 is 9.59 Å². The molecule has 1 aliphatic heterocycles. The first-order valence-corrected chi connectivity index (χ1v) is 5.21. The lowest BCUT2D eigenvalue weighted by atomic mass is 9.99. The Bertz CT molecular complexity index is 429. The van der Waals surface area contributed by atoms with Gasteiger partial charge in [0.1, 0.15) is 0 Å². The molecule has 1 aliphatic rings. The summed E-state index contributed by atoms with van der Waals surface area (Å²) in [6.07, 6.45) is 2.98. The molecule has 0 aliphatic carbocycles. The summed E-state index contributed by atoms with van der Waals surface area (Å²) in [7, 11) is 0. The van der Waals surface area contributed by atoms with Crippen molar-refractivity contribution in [1.29, 1.82) is 0 Å². The van der Waals surface area contributed by atoms with Crippen LogP contribution in [0, 0.1) is 0 Å². The van der Waals surface area contributed by atoms with Crippen LogP contribution in [0.2, 0.25) is 0 Å². The SMILES string of the molecule is CCCCc1cccc2c1C(=O)NC2=O.Cl. The molecule has 0 spiro atoms. The van der Waals surface area contributed by atoms with Crippen molar-refractivity contribution >= 4 is 24.2 Å². The fourth-order valence-corrected chi connectivity index (χ4v) is 1.87. The van der Waals surface area contributed by atoms with E-state index in [9.17, 15) is 9.59 Å². The number of benzene rings is 1. The molecule has 0 saturated carbocycles. The molecule has 0 aromatic heterocycles. The molecule has 0 fully saturated rings. The number of fused-ring (bicyclic) bond motifs is 1. The summed E-state index contributed by atoms with van der Waals surface area (Å²) in [5, 5.41) is 2.32. The fraction of sp³-hybridized carbons (Fsp3) is 0.333. The molecule has 2 amide bonds. The van der Waals surface area contributed by atoms with Gasteiger partial charge in [0.15, 0.2) is 0 Å². The second-order valence-corrected chi connectivity index (χ2v) is 3.73. The van der Waals surface area contributed by atoms with Crippen LogP contribution < -0.4 is 5.32 Å². The third-order valence-electron chi connectivity index (χ3n) is 2.65. The van der Waals surface area contributed by atoms with E-state index in [1.54, 1.807) is 6.07 Å². The van der Waals surface area contributed by atoms with Crippen LogP contribution in [0.4, 0.5) is 0 Å². The van der Waals surface area contributed by atoms with Crippen LogP contribution in [0.5, 0.6) is 0 Å². The largest absolute Gasteiger partial charge is 0.288 e. The second-order valence-electron chi connectivity index (χ2n) is 3.73. The number of hydrogen-bond donors (Lipinski definition) is 1. The average Bonchev–Trinajstić information content (AvgIpc) is 2.53. The summed E-state index contributed by atoms with van der Waals surface area (Å²) in [6.45, 7) is 2.11. The van der Waals surface area contributed by atoms with E-state index in [0.29, 0.717) is 11.1 Å². The molecule has 1 heterocycles. The molecule has 1 aromatic rings. The Morgan fingerprint density at radius 2 is 1.94 bits per heavy atom. The molecule has 0 radical (unpaired) electrons. The van der Waals surface area contributed by atoms with Crippen molar-refractivity contribution in [3.63, 3.8) is 0 Å². The predicted molar refractivity (Wildman–Crippen MR) is 64.1 cm³/mol. The Morgan fingerprint density at radius 3 is 2.62 bits per heavy atom. The van der Waals surface area contributed by atoms with Crippen LogP contribution in [-0.4, -0.2) is 11.8 Å². The van der Waals surface area contributed by atoms with Gasteiger partial charge in [-0.05, 0) is 24.5 Å². The zero-order valence-electron chi connectivity index (χ0n) is 9.08. The van der Waals surface area contributed by atoms with Crippen LogP contribution in [0.15, 0.2) is 18.2 Å². The Labute approximate surface area is 101 Å². The van der Waals surface area contributed by atoms with Gasteiger partial charge >= 0.3 is 0 Å². The first-order chi connectivity index (χ1) is 7.24. The summed E-state index contributed by atoms with van der Waals surface area (Å²) in [5.74, 6) is -0.518. The number of hydrogen-bond acceptors (Lipinski definition) is 2. The molecule has 86 valence electrons.